The molecule has 1 aliphatic carbocycles. The van der Waals surface area contributed by atoms with Gasteiger partial charge in [-0.15, -0.1) is 0 Å². The average Bonchev–Trinajstić information content (AvgIpc) is 3.34. The van der Waals surface area contributed by atoms with Crippen molar-refractivity contribution in [3.63, 3.8) is 0 Å². The van der Waals surface area contributed by atoms with Gasteiger partial charge in [0.2, 0.25) is 17.6 Å². The van der Waals surface area contributed by atoms with Gasteiger partial charge in [-0.2, -0.15) is 4.98 Å². The third-order valence-corrected chi connectivity index (χ3v) is 5.33. The Hall–Kier alpha value is -2.24. The minimum atomic E-state index is -0.291. The number of hydrogen-bond acceptors (Lipinski definition) is 4. The van der Waals surface area contributed by atoms with E-state index in [-0.39, 0.29) is 17.7 Å². The van der Waals surface area contributed by atoms with Crippen LogP contribution in [0.5, 0.6) is 0 Å². The fourth-order valence-electron chi connectivity index (χ4n) is 3.93. The van der Waals surface area contributed by atoms with E-state index in [1.54, 1.807) is 12.1 Å². The number of piperidine rings is 1. The van der Waals surface area contributed by atoms with E-state index < -0.39 is 0 Å². The third-order valence-electron chi connectivity index (χ3n) is 5.33. The van der Waals surface area contributed by atoms with Crippen LogP contribution in [0.4, 0.5) is 4.39 Å². The minimum Gasteiger partial charge on any atom is -0.342 e. The molecule has 0 N–H and O–H groups in total. The summed E-state index contributed by atoms with van der Waals surface area (Å²) in [4.78, 5) is 19.1. The summed E-state index contributed by atoms with van der Waals surface area (Å²) in [7, 11) is 0. The maximum Gasteiger partial charge on any atom is 0.231 e. The van der Waals surface area contributed by atoms with Crippen LogP contribution in [0.1, 0.15) is 50.3 Å². The standard InChI is InChI=1S/C19H22FN3O2/c20-16-9-7-13(8-10-16)17-21-18(25-22-17)15-6-3-11-23(12-15)19(24)14-4-1-2-5-14/h7-10,14-15H,1-6,11-12H2/t15-/m0/s1. The molecule has 0 radical (unpaired) electrons. The SMILES string of the molecule is O=C(C1CCCC1)N1CCC[C@H](c2nc(-c3ccc(F)cc3)no2)C1. The molecular formula is C19H22FN3O2. The van der Waals surface area contributed by atoms with Gasteiger partial charge in [0.05, 0.1) is 5.92 Å². The van der Waals surface area contributed by atoms with Gasteiger partial charge in [0.1, 0.15) is 5.82 Å². The third kappa shape index (κ3) is 3.43. The van der Waals surface area contributed by atoms with Gasteiger partial charge in [0.15, 0.2) is 0 Å². The van der Waals surface area contributed by atoms with E-state index in [0.29, 0.717) is 24.2 Å². The van der Waals surface area contributed by atoms with Crippen molar-refractivity contribution >= 4 is 5.91 Å². The first-order valence-electron chi connectivity index (χ1n) is 9.09. The monoisotopic (exact) mass is 343 g/mol. The van der Waals surface area contributed by atoms with Crippen molar-refractivity contribution in [3.05, 3.63) is 36.0 Å². The predicted molar refractivity (Wildman–Crippen MR) is 90.2 cm³/mol. The van der Waals surface area contributed by atoms with Crippen molar-refractivity contribution in [2.75, 3.05) is 13.1 Å². The van der Waals surface area contributed by atoms with E-state index in [2.05, 4.69) is 10.1 Å². The Balaban J connectivity index is 1.46. The lowest BCUT2D eigenvalue weighted by Gasteiger charge is -2.32. The Morgan fingerprint density at radius 2 is 1.88 bits per heavy atom. The van der Waals surface area contributed by atoms with Crippen LogP contribution in [0, 0.1) is 11.7 Å². The largest absolute Gasteiger partial charge is 0.342 e. The second kappa shape index (κ2) is 6.94. The minimum absolute atomic E-state index is 0.0841. The lowest BCUT2D eigenvalue weighted by molar-refractivity contribution is -0.136. The molecule has 1 atom stereocenters. The van der Waals surface area contributed by atoms with Gasteiger partial charge in [-0.25, -0.2) is 4.39 Å². The summed E-state index contributed by atoms with van der Waals surface area (Å²) in [5.74, 6) is 1.33. The molecule has 0 spiro atoms. The van der Waals surface area contributed by atoms with Crippen LogP contribution in [0.3, 0.4) is 0 Å². The molecule has 6 heteroatoms. The van der Waals surface area contributed by atoms with E-state index in [1.807, 2.05) is 4.90 Å². The van der Waals surface area contributed by atoms with Crippen molar-refractivity contribution < 1.29 is 13.7 Å². The van der Waals surface area contributed by atoms with Crippen molar-refractivity contribution in [2.45, 2.75) is 44.4 Å². The van der Waals surface area contributed by atoms with Crippen LogP contribution in [0.15, 0.2) is 28.8 Å². The topological polar surface area (TPSA) is 59.2 Å². The van der Waals surface area contributed by atoms with Crippen LogP contribution in [-0.4, -0.2) is 34.0 Å². The Labute approximate surface area is 146 Å². The Morgan fingerprint density at radius 3 is 2.64 bits per heavy atom. The molecule has 4 rings (SSSR count). The number of likely N-dealkylation sites (tertiary alicyclic amines) is 1. The highest BCUT2D eigenvalue weighted by atomic mass is 19.1. The van der Waals surface area contributed by atoms with Crippen molar-refractivity contribution in [3.8, 4) is 11.4 Å². The van der Waals surface area contributed by atoms with Gasteiger partial charge in [0, 0.05) is 24.6 Å². The summed E-state index contributed by atoms with van der Waals surface area (Å²) in [6.07, 6.45) is 6.28. The van der Waals surface area contributed by atoms with Crippen molar-refractivity contribution in [1.29, 1.82) is 0 Å². The van der Waals surface area contributed by atoms with Gasteiger partial charge in [-0.3, -0.25) is 4.79 Å². The number of halogens is 1. The summed E-state index contributed by atoms with van der Waals surface area (Å²) in [6, 6.07) is 6.05. The van der Waals surface area contributed by atoms with E-state index in [0.717, 1.165) is 37.8 Å². The zero-order valence-electron chi connectivity index (χ0n) is 14.2. The van der Waals surface area contributed by atoms with Gasteiger partial charge >= 0.3 is 0 Å². The maximum atomic E-state index is 13.0. The Bertz CT molecular complexity index is 737. The number of aromatic nitrogens is 2. The van der Waals surface area contributed by atoms with Gasteiger partial charge in [-0.1, -0.05) is 18.0 Å². The molecule has 1 aromatic heterocycles. The van der Waals surface area contributed by atoms with Crippen molar-refractivity contribution in [1.82, 2.24) is 15.0 Å². The van der Waals surface area contributed by atoms with E-state index in [9.17, 15) is 9.18 Å². The molecule has 2 heterocycles. The molecule has 2 aromatic rings. The Kier molecular flexibility index (Phi) is 4.51. The van der Waals surface area contributed by atoms with Gasteiger partial charge in [-0.05, 0) is 49.9 Å². The molecule has 1 saturated heterocycles. The number of amides is 1. The highest BCUT2D eigenvalue weighted by Crippen LogP contribution is 2.31. The fourth-order valence-corrected chi connectivity index (χ4v) is 3.93. The Morgan fingerprint density at radius 1 is 1.12 bits per heavy atom. The summed E-state index contributed by atoms with van der Waals surface area (Å²) in [5.41, 5.74) is 0.728. The maximum absolute atomic E-state index is 13.0. The first-order chi connectivity index (χ1) is 12.2. The molecule has 0 bridgehead atoms. The molecule has 1 amide bonds. The number of nitrogens with zero attached hydrogens (tertiary/aromatic N) is 3. The number of carbonyl (C=O) groups excluding carboxylic acids is 1. The lowest BCUT2D eigenvalue weighted by atomic mass is 9.96. The molecule has 5 nitrogen and oxygen atoms in total. The second-order valence-electron chi connectivity index (χ2n) is 7.07. The summed E-state index contributed by atoms with van der Waals surface area (Å²) < 4.78 is 18.5. The quantitative estimate of drug-likeness (QED) is 0.851. The zero-order valence-corrected chi connectivity index (χ0v) is 14.2. The van der Waals surface area contributed by atoms with Gasteiger partial charge in [0.25, 0.3) is 0 Å². The molecule has 2 aliphatic rings. The highest BCUT2D eigenvalue weighted by Gasteiger charge is 2.33. The average molecular weight is 343 g/mol. The number of carbonyl (C=O) groups is 1. The number of hydrogen-bond donors (Lipinski definition) is 0. The highest BCUT2D eigenvalue weighted by molar-refractivity contribution is 5.79. The van der Waals surface area contributed by atoms with E-state index >= 15 is 0 Å². The molecule has 1 saturated carbocycles. The molecule has 25 heavy (non-hydrogen) atoms. The smallest absolute Gasteiger partial charge is 0.231 e. The molecule has 0 unspecified atom stereocenters. The van der Waals surface area contributed by atoms with Crippen molar-refractivity contribution in [2.24, 2.45) is 5.92 Å². The molecule has 1 aromatic carbocycles. The molecule has 1 aliphatic heterocycles. The zero-order chi connectivity index (χ0) is 17.2. The van der Waals surface area contributed by atoms with E-state index in [1.165, 1.54) is 25.0 Å². The van der Waals surface area contributed by atoms with Crippen LogP contribution >= 0.6 is 0 Å². The number of benzene rings is 1. The number of rotatable bonds is 3. The summed E-state index contributed by atoms with van der Waals surface area (Å²) in [6.45, 7) is 1.48. The van der Waals surface area contributed by atoms with Crippen LogP contribution in [0.25, 0.3) is 11.4 Å². The van der Waals surface area contributed by atoms with Gasteiger partial charge < -0.3 is 9.42 Å². The summed E-state index contributed by atoms with van der Waals surface area (Å²) >= 11 is 0. The molecular weight excluding hydrogens is 321 g/mol. The van der Waals surface area contributed by atoms with Crippen LogP contribution < -0.4 is 0 Å². The molecule has 2 fully saturated rings. The van der Waals surface area contributed by atoms with Crippen LogP contribution in [0.2, 0.25) is 0 Å². The summed E-state index contributed by atoms with van der Waals surface area (Å²) in [5, 5.41) is 4.03. The molecule has 132 valence electrons. The lowest BCUT2D eigenvalue weighted by Crippen LogP contribution is -2.41. The van der Waals surface area contributed by atoms with Crippen LogP contribution in [-0.2, 0) is 4.79 Å². The van der Waals surface area contributed by atoms with E-state index in [4.69, 9.17) is 4.52 Å². The first kappa shape index (κ1) is 16.2. The predicted octanol–water partition coefficient (Wildman–Crippen LogP) is 3.77. The second-order valence-corrected chi connectivity index (χ2v) is 7.07. The normalized spacial score (nSPS) is 21.6. The fraction of sp³-hybridized carbons (Fsp3) is 0.526. The first-order valence-corrected chi connectivity index (χ1v) is 9.09.